The van der Waals surface area contributed by atoms with Crippen LogP contribution in [0.15, 0.2) is 53.9 Å². The molecule has 2 aliphatic rings. The summed E-state index contributed by atoms with van der Waals surface area (Å²) in [5, 5.41) is 21.9. The highest BCUT2D eigenvalue weighted by Crippen LogP contribution is 2.38. The minimum Gasteiger partial charge on any atom is -0.485 e. The number of fused-ring (bicyclic) bond motifs is 2. The molecule has 4 aromatic heterocycles. The third-order valence-electron chi connectivity index (χ3n) is 11.1. The SMILES string of the molecule is CNC(=O)CCN(C=O)c1nn(C)c2c(F)c(C3CCN(CC4CCCN(Sc5ccc(Nc6nc7c(OC(C)C)c(-c8cn[nH]c8)ncn7n6)c(F)c5)C4)CC3)ccc12. The normalized spacial score (nSPS) is 16.8. The van der Waals surface area contributed by atoms with Gasteiger partial charge in [0.2, 0.25) is 23.9 Å². The molecule has 8 rings (SSSR count). The Hall–Kier alpha value is -5.66. The molecular formula is C41H49F2N13O3S. The number of benzene rings is 2. The first-order valence-electron chi connectivity index (χ1n) is 20.3. The number of halogens is 2. The number of anilines is 3. The first kappa shape index (κ1) is 41.1. The molecule has 6 aromatic rings. The van der Waals surface area contributed by atoms with E-state index in [2.05, 4.69) is 50.2 Å². The second-order valence-electron chi connectivity index (χ2n) is 15.6. The quantitative estimate of drug-likeness (QED) is 0.0829. The number of hydrogen-bond acceptors (Lipinski definition) is 12. The van der Waals surface area contributed by atoms with Gasteiger partial charge in [-0.25, -0.2) is 18.1 Å². The monoisotopic (exact) mass is 841 g/mol. The number of aromatic amines is 1. The van der Waals surface area contributed by atoms with Gasteiger partial charge in [0, 0.05) is 68.7 Å². The minimum atomic E-state index is -0.411. The number of carbonyl (C=O) groups is 2. The van der Waals surface area contributed by atoms with Gasteiger partial charge < -0.3 is 20.3 Å². The molecule has 2 fully saturated rings. The Labute approximate surface area is 350 Å². The number of piperidine rings is 2. The molecule has 316 valence electrons. The van der Waals surface area contributed by atoms with E-state index in [4.69, 9.17) is 4.74 Å². The van der Waals surface area contributed by atoms with Gasteiger partial charge in [0.1, 0.15) is 23.4 Å². The van der Waals surface area contributed by atoms with E-state index in [0.717, 1.165) is 68.9 Å². The zero-order chi connectivity index (χ0) is 41.9. The second-order valence-corrected chi connectivity index (χ2v) is 16.8. The Bertz CT molecular complexity index is 2470. The number of likely N-dealkylation sites (tertiary alicyclic amines) is 1. The molecule has 60 heavy (non-hydrogen) atoms. The van der Waals surface area contributed by atoms with Crippen molar-refractivity contribution in [3.8, 4) is 17.0 Å². The number of amides is 2. The predicted octanol–water partition coefficient (Wildman–Crippen LogP) is 5.91. The zero-order valence-corrected chi connectivity index (χ0v) is 34.9. The molecule has 0 bridgehead atoms. The van der Waals surface area contributed by atoms with E-state index >= 15 is 8.78 Å². The number of nitrogens with one attached hydrogen (secondary N) is 3. The van der Waals surface area contributed by atoms with Gasteiger partial charge in [0.15, 0.2) is 17.4 Å². The summed E-state index contributed by atoms with van der Waals surface area (Å²) >= 11 is 1.57. The molecule has 6 heterocycles. The molecule has 2 aromatic carbocycles. The molecule has 0 radical (unpaired) electrons. The maximum Gasteiger partial charge on any atom is 0.247 e. The summed E-state index contributed by atoms with van der Waals surface area (Å²) in [6.07, 6.45) is 9.39. The molecule has 0 aliphatic carbocycles. The van der Waals surface area contributed by atoms with Crippen molar-refractivity contribution in [2.45, 2.75) is 62.9 Å². The molecular weight excluding hydrogens is 793 g/mol. The van der Waals surface area contributed by atoms with E-state index in [9.17, 15) is 9.59 Å². The average Bonchev–Trinajstić information content (AvgIpc) is 4.00. The Kier molecular flexibility index (Phi) is 12.3. The van der Waals surface area contributed by atoms with Crippen LogP contribution in [0.4, 0.5) is 26.2 Å². The third kappa shape index (κ3) is 8.78. The van der Waals surface area contributed by atoms with Crippen LogP contribution in [0.5, 0.6) is 5.75 Å². The van der Waals surface area contributed by atoms with Crippen LogP contribution in [0, 0.1) is 17.6 Å². The lowest BCUT2D eigenvalue weighted by Gasteiger charge is -2.38. The van der Waals surface area contributed by atoms with E-state index < -0.39 is 5.82 Å². The summed E-state index contributed by atoms with van der Waals surface area (Å²) in [4.78, 5) is 37.5. The number of nitrogens with zero attached hydrogens (tertiary/aromatic N) is 10. The van der Waals surface area contributed by atoms with Crippen molar-refractivity contribution >= 4 is 58.3 Å². The fraction of sp³-hybridized carbons (Fsp3) is 0.439. The Balaban J connectivity index is 0.856. The first-order chi connectivity index (χ1) is 29.1. The van der Waals surface area contributed by atoms with Crippen LogP contribution in [0.1, 0.15) is 57.4 Å². The summed E-state index contributed by atoms with van der Waals surface area (Å²) in [5.41, 5.74) is 3.06. The number of H-pyrrole nitrogens is 1. The van der Waals surface area contributed by atoms with Gasteiger partial charge in [-0.2, -0.15) is 19.7 Å². The van der Waals surface area contributed by atoms with Crippen molar-refractivity contribution < 1.29 is 23.1 Å². The van der Waals surface area contributed by atoms with Gasteiger partial charge in [-0.15, -0.1) is 5.10 Å². The van der Waals surface area contributed by atoms with Crippen molar-refractivity contribution in [3.63, 3.8) is 0 Å². The number of rotatable bonds is 15. The first-order valence-corrected chi connectivity index (χ1v) is 21.1. The van der Waals surface area contributed by atoms with Gasteiger partial charge in [-0.3, -0.25) is 24.3 Å². The highest BCUT2D eigenvalue weighted by molar-refractivity contribution is 7.97. The molecule has 2 saturated heterocycles. The number of aryl methyl sites for hydroxylation is 1. The summed E-state index contributed by atoms with van der Waals surface area (Å²) in [6, 6.07) is 8.83. The lowest BCUT2D eigenvalue weighted by Crippen LogP contribution is -2.41. The topological polar surface area (TPSA) is 167 Å². The van der Waals surface area contributed by atoms with E-state index in [-0.39, 0.29) is 48.3 Å². The highest BCUT2D eigenvalue weighted by atomic mass is 32.2. The van der Waals surface area contributed by atoms with Crippen LogP contribution in [0.3, 0.4) is 0 Å². The van der Waals surface area contributed by atoms with Crippen LogP contribution >= 0.6 is 11.9 Å². The molecule has 19 heteroatoms. The molecule has 16 nitrogen and oxygen atoms in total. The van der Waals surface area contributed by atoms with E-state index in [0.29, 0.717) is 51.7 Å². The Morgan fingerprint density at radius 1 is 1.13 bits per heavy atom. The zero-order valence-electron chi connectivity index (χ0n) is 34.1. The summed E-state index contributed by atoms with van der Waals surface area (Å²) in [5.74, 6) is 0.638. The number of ether oxygens (including phenoxy) is 1. The molecule has 3 N–H and O–H groups in total. The van der Waals surface area contributed by atoms with Crippen molar-refractivity contribution in [1.29, 1.82) is 0 Å². The fourth-order valence-electron chi connectivity index (χ4n) is 8.20. The smallest absolute Gasteiger partial charge is 0.247 e. The van der Waals surface area contributed by atoms with Gasteiger partial charge in [-0.05, 0) is 106 Å². The van der Waals surface area contributed by atoms with Gasteiger partial charge in [-0.1, -0.05) is 6.07 Å². The van der Waals surface area contributed by atoms with Crippen LogP contribution in [-0.2, 0) is 16.6 Å². The molecule has 2 aliphatic heterocycles. The minimum absolute atomic E-state index is 0.0718. The summed E-state index contributed by atoms with van der Waals surface area (Å²) in [6.45, 7) is 8.49. The number of carbonyl (C=O) groups excluding carboxylic acids is 2. The van der Waals surface area contributed by atoms with Crippen LogP contribution in [0.25, 0.3) is 27.8 Å². The van der Waals surface area contributed by atoms with Crippen LogP contribution < -0.4 is 20.3 Å². The van der Waals surface area contributed by atoms with Crippen molar-refractivity contribution in [1.82, 2.24) is 54.1 Å². The number of aromatic nitrogens is 8. The van der Waals surface area contributed by atoms with Crippen molar-refractivity contribution in [2.24, 2.45) is 13.0 Å². The van der Waals surface area contributed by atoms with Crippen molar-refractivity contribution in [3.05, 3.63) is 66.3 Å². The number of hydrogen-bond donors (Lipinski definition) is 3. The maximum atomic E-state index is 16.1. The van der Waals surface area contributed by atoms with Crippen molar-refractivity contribution in [2.75, 3.05) is 56.5 Å². The lowest BCUT2D eigenvalue weighted by atomic mass is 9.87. The molecule has 0 spiro atoms. The third-order valence-corrected chi connectivity index (χ3v) is 12.2. The molecule has 0 saturated carbocycles. The van der Waals surface area contributed by atoms with Gasteiger partial charge in [0.05, 0.1) is 18.0 Å². The van der Waals surface area contributed by atoms with Gasteiger partial charge >= 0.3 is 0 Å². The van der Waals surface area contributed by atoms with Crippen LogP contribution in [0.2, 0.25) is 0 Å². The molecule has 2 amide bonds. The molecule has 1 atom stereocenters. The van der Waals surface area contributed by atoms with Crippen LogP contribution in [-0.4, -0.2) is 114 Å². The molecule has 1 unspecified atom stereocenters. The Morgan fingerprint density at radius 3 is 2.70 bits per heavy atom. The lowest BCUT2D eigenvalue weighted by molar-refractivity contribution is -0.120. The fourth-order valence-corrected chi connectivity index (χ4v) is 9.29. The maximum absolute atomic E-state index is 16.1. The van der Waals surface area contributed by atoms with Gasteiger partial charge in [0.25, 0.3) is 0 Å². The average molecular weight is 842 g/mol. The predicted molar refractivity (Wildman–Crippen MR) is 225 cm³/mol. The van der Waals surface area contributed by atoms with E-state index in [1.807, 2.05) is 32.0 Å². The highest BCUT2D eigenvalue weighted by Gasteiger charge is 2.29. The standard InChI is InChI=1S/C41H49F2N13O3S/c1-25(2)59-38-36(28-19-46-47-20-28)45-23-56-40(38)49-41(51-56)48-33-10-7-29(18-32(33)42)60-55-14-5-6-26(22-55)21-53-15-11-27(12-16-53)30-8-9-31-37(35(30)43)52(4)50-39(31)54(24-57)17-13-34(58)44-3/h7-10,18-20,23-27H,5-6,11-17,21-22H2,1-4H3,(H,44,58)(H,46,47)(H,48,51). The summed E-state index contributed by atoms with van der Waals surface area (Å²) in [7, 11) is 3.22. The second kappa shape index (κ2) is 17.9. The van der Waals surface area contributed by atoms with E-state index in [1.165, 1.54) is 20.2 Å². The largest absolute Gasteiger partial charge is 0.485 e. The Morgan fingerprint density at radius 2 is 1.97 bits per heavy atom. The summed E-state index contributed by atoms with van der Waals surface area (Å²) < 4.78 is 43.1. The van der Waals surface area contributed by atoms with E-state index in [1.54, 1.807) is 50.8 Å².